The van der Waals surface area contributed by atoms with Gasteiger partial charge in [-0.15, -0.1) is 0 Å². The van der Waals surface area contributed by atoms with E-state index in [1.807, 2.05) is 0 Å². The first kappa shape index (κ1) is 17.3. The summed E-state index contributed by atoms with van der Waals surface area (Å²) in [5.74, 6) is -1.21. The average Bonchev–Trinajstić information content (AvgIpc) is 2.35. The van der Waals surface area contributed by atoms with E-state index in [1.165, 1.54) is 31.2 Å². The summed E-state index contributed by atoms with van der Waals surface area (Å²) in [6.07, 6.45) is 0.0248. The second-order valence-corrected chi connectivity index (χ2v) is 7.15. The molecule has 21 heavy (non-hydrogen) atoms. The van der Waals surface area contributed by atoms with Crippen molar-refractivity contribution >= 4 is 21.8 Å². The lowest BCUT2D eigenvalue weighted by molar-refractivity contribution is -0.137. The van der Waals surface area contributed by atoms with E-state index in [-0.39, 0.29) is 23.5 Å². The van der Waals surface area contributed by atoms with Gasteiger partial charge in [-0.1, -0.05) is 12.1 Å². The Balaban J connectivity index is 2.98. The van der Waals surface area contributed by atoms with Crippen molar-refractivity contribution in [3.63, 3.8) is 0 Å². The van der Waals surface area contributed by atoms with E-state index in [2.05, 4.69) is 4.72 Å². The summed E-state index contributed by atoms with van der Waals surface area (Å²) in [6, 6.07) is 5.73. The summed E-state index contributed by atoms with van der Waals surface area (Å²) in [4.78, 5) is 21.9. The number of ketones is 1. The van der Waals surface area contributed by atoms with Gasteiger partial charge in [0.25, 0.3) is 0 Å². The van der Waals surface area contributed by atoms with Gasteiger partial charge in [0.05, 0.1) is 4.90 Å². The molecule has 0 saturated carbocycles. The standard InChI is InChI=1S/C14H19NO5S/c1-10(16)11-5-4-6-12(9-11)21(19,20)15-14(2,3)8-7-13(17)18/h4-6,9,15H,7-8H2,1-3H3,(H,17,18). The fourth-order valence-corrected chi connectivity index (χ4v) is 3.26. The largest absolute Gasteiger partial charge is 0.481 e. The third kappa shape index (κ3) is 5.28. The first-order chi connectivity index (χ1) is 9.53. The number of sulfonamides is 1. The van der Waals surface area contributed by atoms with Crippen molar-refractivity contribution in [1.82, 2.24) is 4.72 Å². The zero-order chi connectivity index (χ0) is 16.3. The van der Waals surface area contributed by atoms with Gasteiger partial charge in [0.2, 0.25) is 10.0 Å². The Morgan fingerprint density at radius 1 is 1.29 bits per heavy atom. The van der Waals surface area contributed by atoms with Crippen LogP contribution in [0.15, 0.2) is 29.2 Å². The SMILES string of the molecule is CC(=O)c1cccc(S(=O)(=O)NC(C)(C)CCC(=O)O)c1. The predicted molar refractivity (Wildman–Crippen MR) is 77.7 cm³/mol. The summed E-state index contributed by atoms with van der Waals surface area (Å²) in [6.45, 7) is 4.58. The van der Waals surface area contributed by atoms with Gasteiger partial charge in [-0.2, -0.15) is 0 Å². The molecule has 0 atom stereocenters. The van der Waals surface area contributed by atoms with Crippen molar-refractivity contribution < 1.29 is 23.1 Å². The summed E-state index contributed by atoms with van der Waals surface area (Å²) < 4.78 is 27.1. The molecule has 2 N–H and O–H groups in total. The molecular weight excluding hydrogens is 294 g/mol. The molecule has 0 amide bonds. The fourth-order valence-electron chi connectivity index (χ4n) is 1.78. The molecule has 1 aromatic carbocycles. The van der Waals surface area contributed by atoms with Crippen LogP contribution >= 0.6 is 0 Å². The molecule has 0 fully saturated rings. The topological polar surface area (TPSA) is 101 Å². The summed E-state index contributed by atoms with van der Waals surface area (Å²) in [5, 5.41) is 8.67. The molecule has 0 aromatic heterocycles. The van der Waals surface area contributed by atoms with Crippen molar-refractivity contribution in [2.24, 2.45) is 0 Å². The van der Waals surface area contributed by atoms with E-state index in [4.69, 9.17) is 5.11 Å². The molecule has 0 radical (unpaired) electrons. The molecule has 0 bridgehead atoms. The number of carbonyl (C=O) groups is 2. The van der Waals surface area contributed by atoms with Gasteiger partial charge in [-0.05, 0) is 39.3 Å². The van der Waals surface area contributed by atoms with Gasteiger partial charge < -0.3 is 5.11 Å². The molecule has 0 unspecified atom stereocenters. The number of hydrogen-bond donors (Lipinski definition) is 2. The summed E-state index contributed by atoms with van der Waals surface area (Å²) in [7, 11) is -3.82. The molecule has 116 valence electrons. The van der Waals surface area contributed by atoms with Crippen molar-refractivity contribution in [2.75, 3.05) is 0 Å². The number of nitrogens with one attached hydrogen (secondary N) is 1. The molecule has 0 heterocycles. The minimum atomic E-state index is -3.82. The van der Waals surface area contributed by atoms with Gasteiger partial charge in [-0.25, -0.2) is 13.1 Å². The number of carboxylic acids is 1. The van der Waals surface area contributed by atoms with E-state index >= 15 is 0 Å². The van der Waals surface area contributed by atoms with E-state index in [0.717, 1.165) is 0 Å². The highest BCUT2D eigenvalue weighted by atomic mass is 32.2. The van der Waals surface area contributed by atoms with Gasteiger partial charge in [0.15, 0.2) is 5.78 Å². The maximum atomic E-state index is 12.3. The van der Waals surface area contributed by atoms with Crippen LogP contribution in [0.1, 0.15) is 44.0 Å². The summed E-state index contributed by atoms with van der Waals surface area (Å²) in [5.41, 5.74) is -0.593. The molecule has 0 aliphatic heterocycles. The molecule has 0 aliphatic carbocycles. The minimum Gasteiger partial charge on any atom is -0.481 e. The molecule has 1 aromatic rings. The van der Waals surface area contributed by atoms with Crippen LogP contribution in [0, 0.1) is 0 Å². The number of benzene rings is 1. The van der Waals surface area contributed by atoms with Crippen LogP contribution in [0.4, 0.5) is 0 Å². The van der Waals surface area contributed by atoms with E-state index in [9.17, 15) is 18.0 Å². The third-order valence-corrected chi connectivity index (χ3v) is 4.62. The number of carboxylic acid groups (broad SMARTS) is 1. The molecule has 0 saturated heterocycles. The van der Waals surface area contributed by atoms with Crippen molar-refractivity contribution in [2.45, 2.75) is 44.0 Å². The Labute approximate surface area is 124 Å². The molecule has 0 aliphatic rings. The van der Waals surface area contributed by atoms with Crippen LogP contribution in [0.2, 0.25) is 0 Å². The van der Waals surface area contributed by atoms with E-state index in [0.29, 0.717) is 5.56 Å². The second-order valence-electron chi connectivity index (χ2n) is 5.47. The monoisotopic (exact) mass is 313 g/mol. The maximum Gasteiger partial charge on any atom is 0.303 e. The number of hydrogen-bond acceptors (Lipinski definition) is 4. The van der Waals surface area contributed by atoms with E-state index in [1.54, 1.807) is 13.8 Å². The van der Waals surface area contributed by atoms with Crippen LogP contribution in [0.5, 0.6) is 0 Å². The molecule has 7 heteroatoms. The van der Waals surface area contributed by atoms with Gasteiger partial charge in [0.1, 0.15) is 0 Å². The highest BCUT2D eigenvalue weighted by Gasteiger charge is 2.27. The average molecular weight is 313 g/mol. The number of aliphatic carboxylic acids is 1. The number of rotatable bonds is 7. The quantitative estimate of drug-likeness (QED) is 0.748. The number of carbonyl (C=O) groups excluding carboxylic acids is 1. The highest BCUT2D eigenvalue weighted by Crippen LogP contribution is 2.18. The first-order valence-corrected chi connectivity index (χ1v) is 7.89. The molecule has 6 nitrogen and oxygen atoms in total. The van der Waals surface area contributed by atoms with Gasteiger partial charge >= 0.3 is 5.97 Å². The van der Waals surface area contributed by atoms with Crippen LogP contribution in [-0.2, 0) is 14.8 Å². The van der Waals surface area contributed by atoms with Crippen molar-refractivity contribution in [3.8, 4) is 0 Å². The lowest BCUT2D eigenvalue weighted by atomic mass is 10.0. The normalized spacial score (nSPS) is 12.1. The molecule has 1 rings (SSSR count). The molecular formula is C14H19NO5S. The van der Waals surface area contributed by atoms with Crippen LogP contribution in [0.3, 0.4) is 0 Å². The van der Waals surface area contributed by atoms with Crippen LogP contribution in [-0.4, -0.2) is 30.8 Å². The summed E-state index contributed by atoms with van der Waals surface area (Å²) >= 11 is 0. The Hall–Kier alpha value is -1.73. The third-order valence-electron chi connectivity index (χ3n) is 2.93. The Kier molecular flexibility index (Phi) is 5.25. The van der Waals surface area contributed by atoms with Crippen molar-refractivity contribution in [3.05, 3.63) is 29.8 Å². The second kappa shape index (κ2) is 6.36. The first-order valence-electron chi connectivity index (χ1n) is 6.40. The van der Waals surface area contributed by atoms with E-state index < -0.39 is 21.5 Å². The van der Waals surface area contributed by atoms with Crippen LogP contribution < -0.4 is 4.72 Å². The predicted octanol–water partition coefficient (Wildman–Crippen LogP) is 1.81. The van der Waals surface area contributed by atoms with Gasteiger partial charge in [0, 0.05) is 17.5 Å². The minimum absolute atomic E-state index is 0.0152. The van der Waals surface area contributed by atoms with Crippen molar-refractivity contribution in [1.29, 1.82) is 0 Å². The van der Waals surface area contributed by atoms with Crippen LogP contribution in [0.25, 0.3) is 0 Å². The zero-order valence-electron chi connectivity index (χ0n) is 12.2. The highest BCUT2D eigenvalue weighted by molar-refractivity contribution is 7.89. The Morgan fingerprint density at radius 3 is 2.43 bits per heavy atom. The molecule has 0 spiro atoms. The maximum absolute atomic E-state index is 12.3. The van der Waals surface area contributed by atoms with Gasteiger partial charge in [-0.3, -0.25) is 9.59 Å². The Morgan fingerprint density at radius 2 is 1.90 bits per heavy atom. The fraction of sp³-hybridized carbons (Fsp3) is 0.429. The lowest BCUT2D eigenvalue weighted by Gasteiger charge is -2.25. The number of Topliss-reactive ketones (excluding diaryl/α,β-unsaturated/α-hetero) is 1. The Bertz CT molecular complexity index is 649. The lowest BCUT2D eigenvalue weighted by Crippen LogP contribution is -2.43. The zero-order valence-corrected chi connectivity index (χ0v) is 13.0. The smallest absolute Gasteiger partial charge is 0.303 e.